The molecule has 0 aliphatic heterocycles. The van der Waals surface area contributed by atoms with Gasteiger partial charge in [0.15, 0.2) is 0 Å². The van der Waals surface area contributed by atoms with Crippen LogP contribution in [0.15, 0.2) is 24.3 Å². The van der Waals surface area contributed by atoms with E-state index in [2.05, 4.69) is 18.8 Å². The summed E-state index contributed by atoms with van der Waals surface area (Å²) in [5, 5.41) is 0. The molecule has 0 fully saturated rings. The standard InChI is InChI=1S/C19H25FO2/c1-2-3-4-5-6-7-8-9-10-11-15-22-19(21)17-13-12-14-18(20)16-17/h12-14,16H,2,5-11,15H2,1H3. The fourth-order valence-electron chi connectivity index (χ4n) is 2.10. The first kappa shape index (κ1) is 18.2. The van der Waals surface area contributed by atoms with E-state index in [0.29, 0.717) is 6.61 Å². The van der Waals surface area contributed by atoms with Crippen molar-refractivity contribution in [3.63, 3.8) is 0 Å². The third-order valence-electron chi connectivity index (χ3n) is 3.29. The van der Waals surface area contributed by atoms with Crippen LogP contribution in [0.4, 0.5) is 4.39 Å². The van der Waals surface area contributed by atoms with Crippen LogP contribution in [0.2, 0.25) is 0 Å². The lowest BCUT2D eigenvalue weighted by atomic mass is 10.1. The predicted octanol–water partition coefficient (Wildman–Crippen LogP) is 5.13. The first-order valence-corrected chi connectivity index (χ1v) is 8.12. The maximum atomic E-state index is 13.0. The van der Waals surface area contributed by atoms with Gasteiger partial charge in [0, 0.05) is 12.8 Å². The third-order valence-corrected chi connectivity index (χ3v) is 3.29. The number of hydrogen-bond donors (Lipinski definition) is 0. The van der Waals surface area contributed by atoms with Crippen LogP contribution < -0.4 is 0 Å². The van der Waals surface area contributed by atoms with Crippen molar-refractivity contribution in [2.45, 2.75) is 58.3 Å². The Morgan fingerprint density at radius 3 is 2.55 bits per heavy atom. The zero-order valence-corrected chi connectivity index (χ0v) is 13.4. The molecule has 1 rings (SSSR count). The summed E-state index contributed by atoms with van der Waals surface area (Å²) in [6.07, 6.45) is 8.58. The van der Waals surface area contributed by atoms with Crippen molar-refractivity contribution in [2.24, 2.45) is 0 Å². The Kier molecular flexibility index (Phi) is 9.78. The molecule has 0 radical (unpaired) electrons. The fourth-order valence-corrected chi connectivity index (χ4v) is 2.10. The average Bonchev–Trinajstić information content (AvgIpc) is 2.52. The van der Waals surface area contributed by atoms with Crippen LogP contribution in [0.1, 0.15) is 68.6 Å². The first-order valence-electron chi connectivity index (χ1n) is 8.12. The quantitative estimate of drug-likeness (QED) is 0.359. The predicted molar refractivity (Wildman–Crippen MR) is 87.1 cm³/mol. The minimum absolute atomic E-state index is 0.271. The number of hydrogen-bond acceptors (Lipinski definition) is 2. The summed E-state index contributed by atoms with van der Waals surface area (Å²) in [5.74, 6) is 5.35. The van der Waals surface area contributed by atoms with Gasteiger partial charge in [-0.3, -0.25) is 0 Å². The second-order valence-corrected chi connectivity index (χ2v) is 5.22. The van der Waals surface area contributed by atoms with Gasteiger partial charge in [0.2, 0.25) is 0 Å². The van der Waals surface area contributed by atoms with Gasteiger partial charge in [0.1, 0.15) is 5.82 Å². The van der Waals surface area contributed by atoms with Crippen LogP contribution in [-0.2, 0) is 4.74 Å². The molecule has 0 aromatic heterocycles. The molecule has 1 aromatic carbocycles. The van der Waals surface area contributed by atoms with E-state index in [4.69, 9.17) is 4.74 Å². The van der Waals surface area contributed by atoms with E-state index in [0.717, 1.165) is 32.1 Å². The van der Waals surface area contributed by atoms with Crippen molar-refractivity contribution < 1.29 is 13.9 Å². The normalized spacial score (nSPS) is 9.91. The van der Waals surface area contributed by atoms with E-state index in [1.54, 1.807) is 6.07 Å². The van der Waals surface area contributed by atoms with Gasteiger partial charge in [-0.1, -0.05) is 38.7 Å². The number of carbonyl (C=O) groups is 1. The summed E-state index contributed by atoms with van der Waals surface area (Å²) < 4.78 is 18.1. The summed E-state index contributed by atoms with van der Waals surface area (Å²) in [4.78, 5) is 11.7. The molecule has 0 spiro atoms. The van der Waals surface area contributed by atoms with Gasteiger partial charge in [0.05, 0.1) is 12.2 Å². The summed E-state index contributed by atoms with van der Waals surface area (Å²) >= 11 is 0. The van der Waals surface area contributed by atoms with Gasteiger partial charge >= 0.3 is 5.97 Å². The van der Waals surface area contributed by atoms with Crippen molar-refractivity contribution in [3.05, 3.63) is 35.6 Å². The van der Waals surface area contributed by atoms with E-state index in [9.17, 15) is 9.18 Å². The SMILES string of the molecule is CCC#CCCCCCCCCOC(=O)c1cccc(F)c1. The minimum Gasteiger partial charge on any atom is -0.462 e. The van der Waals surface area contributed by atoms with E-state index < -0.39 is 11.8 Å². The van der Waals surface area contributed by atoms with Gasteiger partial charge < -0.3 is 4.74 Å². The van der Waals surface area contributed by atoms with Crippen LogP contribution in [0, 0.1) is 17.7 Å². The molecule has 0 heterocycles. The molecule has 0 amide bonds. The molecule has 0 aliphatic rings. The van der Waals surface area contributed by atoms with E-state index in [1.165, 1.54) is 37.5 Å². The van der Waals surface area contributed by atoms with Crippen molar-refractivity contribution in [3.8, 4) is 11.8 Å². The van der Waals surface area contributed by atoms with Crippen molar-refractivity contribution in [2.75, 3.05) is 6.61 Å². The average molecular weight is 304 g/mol. The Bertz CT molecular complexity index is 500. The molecule has 0 N–H and O–H groups in total. The first-order chi connectivity index (χ1) is 10.7. The number of carbonyl (C=O) groups excluding carboxylic acids is 1. The lowest BCUT2D eigenvalue weighted by molar-refractivity contribution is 0.0497. The highest BCUT2D eigenvalue weighted by Crippen LogP contribution is 2.09. The second-order valence-electron chi connectivity index (χ2n) is 5.22. The van der Waals surface area contributed by atoms with Crippen LogP contribution in [0.3, 0.4) is 0 Å². The molecule has 0 atom stereocenters. The lowest BCUT2D eigenvalue weighted by Gasteiger charge is -2.05. The maximum Gasteiger partial charge on any atom is 0.338 e. The topological polar surface area (TPSA) is 26.3 Å². The Labute approximate surface area is 133 Å². The number of benzene rings is 1. The highest BCUT2D eigenvalue weighted by molar-refractivity contribution is 5.89. The molecular formula is C19H25FO2. The number of halogens is 1. The largest absolute Gasteiger partial charge is 0.462 e. The molecule has 2 nitrogen and oxygen atoms in total. The van der Waals surface area contributed by atoms with Gasteiger partial charge in [0.25, 0.3) is 0 Å². The zero-order chi connectivity index (χ0) is 16.0. The Hall–Kier alpha value is -1.82. The van der Waals surface area contributed by atoms with Crippen molar-refractivity contribution in [1.29, 1.82) is 0 Å². The Balaban J connectivity index is 1.98. The summed E-state index contributed by atoms with van der Waals surface area (Å²) in [6, 6.07) is 5.58. The zero-order valence-electron chi connectivity index (χ0n) is 13.4. The Morgan fingerprint density at radius 1 is 1.09 bits per heavy atom. The monoisotopic (exact) mass is 304 g/mol. The van der Waals surface area contributed by atoms with Gasteiger partial charge in [-0.2, -0.15) is 0 Å². The molecule has 0 aliphatic carbocycles. The molecule has 22 heavy (non-hydrogen) atoms. The van der Waals surface area contributed by atoms with E-state index in [1.807, 2.05) is 0 Å². The molecule has 120 valence electrons. The maximum absolute atomic E-state index is 13.0. The van der Waals surface area contributed by atoms with Gasteiger partial charge in [-0.25, -0.2) is 9.18 Å². The van der Waals surface area contributed by atoms with E-state index in [-0.39, 0.29) is 5.56 Å². The number of esters is 1. The van der Waals surface area contributed by atoms with E-state index >= 15 is 0 Å². The van der Waals surface area contributed by atoms with Crippen molar-refractivity contribution >= 4 is 5.97 Å². The summed E-state index contributed by atoms with van der Waals surface area (Å²) in [6.45, 7) is 2.46. The molecule has 0 saturated heterocycles. The van der Waals surface area contributed by atoms with Crippen LogP contribution in [0.5, 0.6) is 0 Å². The fraction of sp³-hybridized carbons (Fsp3) is 0.526. The molecular weight excluding hydrogens is 279 g/mol. The highest BCUT2D eigenvalue weighted by Gasteiger charge is 2.07. The van der Waals surface area contributed by atoms with Crippen LogP contribution in [0.25, 0.3) is 0 Å². The highest BCUT2D eigenvalue weighted by atomic mass is 19.1. The number of unbranched alkanes of at least 4 members (excludes halogenated alkanes) is 6. The smallest absolute Gasteiger partial charge is 0.338 e. The minimum atomic E-state index is -0.450. The molecule has 0 unspecified atom stereocenters. The number of rotatable bonds is 9. The van der Waals surface area contributed by atoms with Crippen LogP contribution >= 0.6 is 0 Å². The summed E-state index contributed by atoms with van der Waals surface area (Å²) in [7, 11) is 0. The second kappa shape index (κ2) is 11.8. The summed E-state index contributed by atoms with van der Waals surface area (Å²) in [5.41, 5.74) is 0.271. The number of ether oxygens (including phenoxy) is 1. The van der Waals surface area contributed by atoms with Crippen molar-refractivity contribution in [1.82, 2.24) is 0 Å². The van der Waals surface area contributed by atoms with Gasteiger partial charge in [-0.15, -0.1) is 11.8 Å². The molecule has 3 heteroatoms. The lowest BCUT2D eigenvalue weighted by Crippen LogP contribution is -2.06. The molecule has 0 bridgehead atoms. The molecule has 0 saturated carbocycles. The van der Waals surface area contributed by atoms with Gasteiger partial charge in [-0.05, 0) is 31.0 Å². The molecule has 1 aromatic rings. The third kappa shape index (κ3) is 8.46. The van der Waals surface area contributed by atoms with Crippen LogP contribution in [-0.4, -0.2) is 12.6 Å². The Morgan fingerprint density at radius 2 is 1.82 bits per heavy atom.